The van der Waals surface area contributed by atoms with Crippen molar-refractivity contribution in [3.8, 4) is 11.5 Å². The van der Waals surface area contributed by atoms with Crippen LogP contribution in [0.5, 0.6) is 11.5 Å². The average molecular weight is 289 g/mol. The summed E-state index contributed by atoms with van der Waals surface area (Å²) in [7, 11) is 2.93. The molecule has 0 aliphatic heterocycles. The third kappa shape index (κ3) is 3.13. The van der Waals surface area contributed by atoms with Crippen molar-refractivity contribution in [1.29, 1.82) is 0 Å². The highest BCUT2D eigenvalue weighted by Gasteiger charge is 2.17. The number of carbonyl (C=O) groups is 1. The summed E-state index contributed by atoms with van der Waals surface area (Å²) in [5, 5.41) is 2.54. The maximum atomic E-state index is 13.7. The Morgan fingerprint density at radius 1 is 1.14 bits per heavy atom. The van der Waals surface area contributed by atoms with E-state index in [1.54, 1.807) is 30.3 Å². The van der Waals surface area contributed by atoms with E-state index in [1.165, 1.54) is 20.3 Å². The molecule has 0 bridgehead atoms. The number of methoxy groups -OCH3 is 2. The number of benzene rings is 2. The van der Waals surface area contributed by atoms with Crippen molar-refractivity contribution >= 4 is 11.6 Å². The molecule has 2 rings (SSSR count). The quantitative estimate of drug-likeness (QED) is 0.938. The molecule has 1 N–H and O–H groups in total. The zero-order valence-electron chi connectivity index (χ0n) is 12.1. The normalized spacial score (nSPS) is 10.1. The molecule has 0 saturated carbocycles. The van der Waals surface area contributed by atoms with Crippen molar-refractivity contribution in [1.82, 2.24) is 0 Å². The van der Waals surface area contributed by atoms with Crippen molar-refractivity contribution in [3.63, 3.8) is 0 Å². The van der Waals surface area contributed by atoms with E-state index in [2.05, 4.69) is 5.32 Å². The van der Waals surface area contributed by atoms with Crippen LogP contribution in [0.4, 0.5) is 10.1 Å². The maximum absolute atomic E-state index is 13.7. The van der Waals surface area contributed by atoms with Crippen LogP contribution < -0.4 is 14.8 Å². The van der Waals surface area contributed by atoms with Crippen molar-refractivity contribution in [3.05, 3.63) is 53.3 Å². The smallest absolute Gasteiger partial charge is 0.259 e. The van der Waals surface area contributed by atoms with Gasteiger partial charge in [0.1, 0.15) is 5.82 Å². The highest BCUT2D eigenvalue weighted by molar-refractivity contribution is 6.06. The molecule has 0 fully saturated rings. The van der Waals surface area contributed by atoms with E-state index in [0.29, 0.717) is 11.5 Å². The van der Waals surface area contributed by atoms with Gasteiger partial charge in [0.15, 0.2) is 11.5 Å². The zero-order valence-corrected chi connectivity index (χ0v) is 12.1. The predicted molar refractivity (Wildman–Crippen MR) is 78.6 cm³/mol. The van der Waals surface area contributed by atoms with E-state index in [4.69, 9.17) is 9.47 Å². The average Bonchev–Trinajstić information content (AvgIpc) is 2.49. The number of rotatable bonds is 4. The number of hydrogen-bond acceptors (Lipinski definition) is 3. The summed E-state index contributed by atoms with van der Waals surface area (Å²) in [4.78, 5) is 12.3. The predicted octanol–water partition coefficient (Wildman–Crippen LogP) is 3.40. The molecule has 0 aliphatic rings. The fourth-order valence-electron chi connectivity index (χ4n) is 1.99. The lowest BCUT2D eigenvalue weighted by atomic mass is 10.1. The molecule has 1 amide bonds. The molecule has 4 nitrogen and oxygen atoms in total. The molecule has 2 aromatic carbocycles. The van der Waals surface area contributed by atoms with Gasteiger partial charge < -0.3 is 14.8 Å². The second-order valence-electron chi connectivity index (χ2n) is 4.48. The molecule has 0 atom stereocenters. The van der Waals surface area contributed by atoms with Gasteiger partial charge in [-0.1, -0.05) is 12.1 Å². The Kier molecular flexibility index (Phi) is 4.42. The molecule has 21 heavy (non-hydrogen) atoms. The van der Waals surface area contributed by atoms with Crippen LogP contribution in [0.15, 0.2) is 36.4 Å². The summed E-state index contributed by atoms with van der Waals surface area (Å²) in [6.07, 6.45) is 0. The van der Waals surface area contributed by atoms with Crippen LogP contribution in [0.25, 0.3) is 0 Å². The van der Waals surface area contributed by atoms with Crippen molar-refractivity contribution in [2.24, 2.45) is 0 Å². The van der Waals surface area contributed by atoms with Gasteiger partial charge >= 0.3 is 0 Å². The molecule has 110 valence electrons. The first-order valence-electron chi connectivity index (χ1n) is 6.35. The fraction of sp³-hybridized carbons (Fsp3) is 0.188. The highest BCUT2D eigenvalue weighted by Crippen LogP contribution is 2.31. The first kappa shape index (κ1) is 14.8. The highest BCUT2D eigenvalue weighted by atomic mass is 19.1. The van der Waals surface area contributed by atoms with Crippen LogP contribution in [0, 0.1) is 12.7 Å². The van der Waals surface area contributed by atoms with Crippen LogP contribution >= 0.6 is 0 Å². The monoisotopic (exact) mass is 289 g/mol. The van der Waals surface area contributed by atoms with Gasteiger partial charge in [-0.3, -0.25) is 4.79 Å². The Bertz CT molecular complexity index is 671. The number of carbonyl (C=O) groups excluding carboxylic acids is 1. The van der Waals surface area contributed by atoms with Gasteiger partial charge in [-0.05, 0) is 36.8 Å². The molecule has 0 spiro atoms. The number of amides is 1. The second kappa shape index (κ2) is 6.26. The van der Waals surface area contributed by atoms with E-state index in [9.17, 15) is 9.18 Å². The van der Waals surface area contributed by atoms with E-state index >= 15 is 0 Å². The number of ether oxygens (including phenoxy) is 2. The molecule has 0 radical (unpaired) electrons. The number of anilines is 1. The standard InChI is InChI=1S/C16H16FNO3/c1-10-7-8-12(17)13(9-10)18-16(19)11-5-4-6-14(20-2)15(11)21-3/h4-9H,1-3H3,(H,18,19). The lowest BCUT2D eigenvalue weighted by molar-refractivity contribution is 0.102. The number of para-hydroxylation sites is 1. The number of nitrogens with one attached hydrogen (secondary N) is 1. The summed E-state index contributed by atoms with van der Waals surface area (Å²) in [6, 6.07) is 9.46. The number of halogens is 1. The van der Waals surface area contributed by atoms with Crippen LogP contribution in [-0.2, 0) is 0 Å². The van der Waals surface area contributed by atoms with E-state index in [-0.39, 0.29) is 11.3 Å². The summed E-state index contributed by atoms with van der Waals surface area (Å²) in [5.41, 5.74) is 1.26. The Balaban J connectivity index is 2.35. The lowest BCUT2D eigenvalue weighted by Crippen LogP contribution is -2.14. The third-order valence-corrected chi connectivity index (χ3v) is 3.02. The van der Waals surface area contributed by atoms with Gasteiger partial charge in [0, 0.05) is 0 Å². The molecule has 5 heteroatoms. The van der Waals surface area contributed by atoms with Gasteiger partial charge in [-0.15, -0.1) is 0 Å². The van der Waals surface area contributed by atoms with Gasteiger partial charge in [-0.2, -0.15) is 0 Å². The van der Waals surface area contributed by atoms with Crippen molar-refractivity contribution in [2.45, 2.75) is 6.92 Å². The minimum atomic E-state index is -0.490. The van der Waals surface area contributed by atoms with Gasteiger partial charge in [0.2, 0.25) is 0 Å². The fourth-order valence-corrected chi connectivity index (χ4v) is 1.99. The summed E-state index contributed by atoms with van der Waals surface area (Å²) < 4.78 is 24.0. The van der Waals surface area contributed by atoms with Crippen LogP contribution in [0.3, 0.4) is 0 Å². The molecule has 0 unspecified atom stereocenters. The largest absolute Gasteiger partial charge is 0.493 e. The molecule has 0 aliphatic carbocycles. The second-order valence-corrected chi connectivity index (χ2v) is 4.48. The third-order valence-electron chi connectivity index (χ3n) is 3.02. The lowest BCUT2D eigenvalue weighted by Gasteiger charge is -2.13. The Morgan fingerprint density at radius 3 is 2.57 bits per heavy atom. The van der Waals surface area contributed by atoms with Crippen LogP contribution in [-0.4, -0.2) is 20.1 Å². The number of aryl methyl sites for hydroxylation is 1. The minimum absolute atomic E-state index is 0.130. The maximum Gasteiger partial charge on any atom is 0.259 e. The molecular formula is C16H16FNO3. The van der Waals surface area contributed by atoms with Crippen molar-refractivity contribution < 1.29 is 18.7 Å². The van der Waals surface area contributed by atoms with E-state index in [1.807, 2.05) is 6.92 Å². The van der Waals surface area contributed by atoms with Crippen LogP contribution in [0.2, 0.25) is 0 Å². The molecule has 0 heterocycles. The molecule has 0 aromatic heterocycles. The van der Waals surface area contributed by atoms with Crippen molar-refractivity contribution in [2.75, 3.05) is 19.5 Å². The molecular weight excluding hydrogens is 273 g/mol. The summed E-state index contributed by atoms with van der Waals surface area (Å²) >= 11 is 0. The Hall–Kier alpha value is -2.56. The SMILES string of the molecule is COc1cccc(C(=O)Nc2cc(C)ccc2F)c1OC. The Morgan fingerprint density at radius 2 is 1.90 bits per heavy atom. The number of hydrogen-bond donors (Lipinski definition) is 1. The van der Waals surface area contributed by atoms with Gasteiger partial charge in [0.05, 0.1) is 25.5 Å². The minimum Gasteiger partial charge on any atom is -0.493 e. The van der Waals surface area contributed by atoms with Crippen LogP contribution in [0.1, 0.15) is 15.9 Å². The van der Waals surface area contributed by atoms with Gasteiger partial charge in [0.25, 0.3) is 5.91 Å². The first-order valence-corrected chi connectivity index (χ1v) is 6.35. The topological polar surface area (TPSA) is 47.6 Å². The first-order chi connectivity index (χ1) is 10.1. The Labute approximate surface area is 122 Å². The van der Waals surface area contributed by atoms with Gasteiger partial charge in [-0.25, -0.2) is 4.39 Å². The summed E-state index contributed by atoms with van der Waals surface area (Å²) in [6.45, 7) is 1.82. The molecule has 0 saturated heterocycles. The molecule has 2 aromatic rings. The zero-order chi connectivity index (χ0) is 15.4. The van der Waals surface area contributed by atoms with E-state index in [0.717, 1.165) is 5.56 Å². The van der Waals surface area contributed by atoms with E-state index < -0.39 is 11.7 Å². The summed E-state index contributed by atoms with van der Waals surface area (Å²) in [5.74, 6) is -0.202.